The van der Waals surface area contributed by atoms with Gasteiger partial charge in [-0.15, -0.1) is 0 Å². The fraction of sp³-hybridized carbons (Fsp3) is 0.750. The van der Waals surface area contributed by atoms with Crippen molar-refractivity contribution in [2.75, 3.05) is 31.2 Å². The molecule has 0 unspecified atom stereocenters. The highest BCUT2D eigenvalue weighted by Crippen LogP contribution is 2.29. The van der Waals surface area contributed by atoms with Crippen molar-refractivity contribution < 1.29 is 9.53 Å². The molecule has 2 fully saturated rings. The summed E-state index contributed by atoms with van der Waals surface area (Å²) in [6.07, 6.45) is 4.19. The third-order valence-electron chi connectivity index (χ3n) is 6.18. The summed E-state index contributed by atoms with van der Waals surface area (Å²) in [5, 5.41) is 3.18. The van der Waals surface area contributed by atoms with E-state index < -0.39 is 0 Å². The summed E-state index contributed by atoms with van der Waals surface area (Å²) in [6.45, 7) is 9.05. The van der Waals surface area contributed by atoms with E-state index in [1.54, 1.807) is 0 Å². The molecule has 3 atom stereocenters. The van der Waals surface area contributed by atoms with Gasteiger partial charge >= 0.3 is 0 Å². The fourth-order valence-corrected chi connectivity index (χ4v) is 4.12. The van der Waals surface area contributed by atoms with Crippen molar-refractivity contribution in [3.8, 4) is 0 Å². The molecule has 2 N–H and O–H groups in total. The van der Waals surface area contributed by atoms with E-state index in [9.17, 15) is 9.59 Å². The number of morpholine rings is 1. The van der Waals surface area contributed by atoms with Crippen molar-refractivity contribution in [1.82, 2.24) is 15.3 Å². The molecule has 0 aromatic carbocycles. The Morgan fingerprint density at radius 1 is 1.30 bits per heavy atom. The lowest BCUT2D eigenvalue weighted by Crippen LogP contribution is -2.43. The number of hydrogen-bond donors (Lipinski definition) is 2. The van der Waals surface area contributed by atoms with Crippen LogP contribution in [0.4, 0.5) is 5.95 Å². The van der Waals surface area contributed by atoms with Crippen LogP contribution in [-0.2, 0) is 16.0 Å². The minimum atomic E-state index is -0.142. The van der Waals surface area contributed by atoms with Gasteiger partial charge in [0.1, 0.15) is 0 Å². The lowest BCUT2D eigenvalue weighted by Gasteiger charge is -2.34. The number of ether oxygens (including phenoxy) is 1. The van der Waals surface area contributed by atoms with Crippen LogP contribution in [0.2, 0.25) is 0 Å². The second kappa shape index (κ2) is 8.87. The topological polar surface area (TPSA) is 87.3 Å². The van der Waals surface area contributed by atoms with Crippen LogP contribution in [0.5, 0.6) is 0 Å². The molecule has 27 heavy (non-hydrogen) atoms. The molecule has 0 radical (unpaired) electrons. The van der Waals surface area contributed by atoms with Crippen LogP contribution in [-0.4, -0.2) is 48.2 Å². The Hall–Kier alpha value is -1.89. The standard InChI is InChI=1S/C20H32N4O3/c1-13-5-4-6-17(14(13)2)22-18(25)8-7-16-15(3)21-20(23-19(16)26)24-9-11-27-12-10-24/h13-14,17H,4-12H2,1-3H3,(H,22,25)(H,21,23,26)/t13-,14-,17+/m0/s1. The number of aromatic nitrogens is 2. The third-order valence-corrected chi connectivity index (χ3v) is 6.18. The van der Waals surface area contributed by atoms with Gasteiger partial charge in [-0.1, -0.05) is 26.7 Å². The van der Waals surface area contributed by atoms with E-state index in [-0.39, 0.29) is 17.5 Å². The number of aryl methyl sites for hydroxylation is 1. The van der Waals surface area contributed by atoms with Crippen LogP contribution in [0, 0.1) is 18.8 Å². The second-order valence-electron chi connectivity index (χ2n) is 7.99. The molecule has 2 heterocycles. The molecule has 7 heteroatoms. The Morgan fingerprint density at radius 3 is 2.74 bits per heavy atom. The maximum absolute atomic E-state index is 12.5. The Balaban J connectivity index is 1.58. The van der Waals surface area contributed by atoms with Crippen LogP contribution in [0.15, 0.2) is 4.79 Å². The number of nitrogens with one attached hydrogen (secondary N) is 2. The summed E-state index contributed by atoms with van der Waals surface area (Å²) >= 11 is 0. The molecule has 3 rings (SSSR count). The number of carbonyl (C=O) groups is 1. The van der Waals surface area contributed by atoms with Gasteiger partial charge in [-0.25, -0.2) is 4.98 Å². The quantitative estimate of drug-likeness (QED) is 0.818. The number of amides is 1. The lowest BCUT2D eigenvalue weighted by molar-refractivity contribution is -0.122. The molecule has 1 aromatic heterocycles. The van der Waals surface area contributed by atoms with E-state index in [0.29, 0.717) is 55.1 Å². The van der Waals surface area contributed by atoms with Gasteiger partial charge < -0.3 is 15.0 Å². The molecule has 1 aliphatic heterocycles. The monoisotopic (exact) mass is 376 g/mol. The summed E-state index contributed by atoms with van der Waals surface area (Å²) < 4.78 is 5.34. The molecule has 1 aliphatic carbocycles. The maximum atomic E-state index is 12.5. The number of nitrogens with zero attached hydrogens (tertiary/aromatic N) is 2. The van der Waals surface area contributed by atoms with Crippen LogP contribution in [0.25, 0.3) is 0 Å². The molecule has 1 saturated heterocycles. The molecule has 2 aliphatic rings. The average Bonchev–Trinajstić information content (AvgIpc) is 2.65. The number of carbonyl (C=O) groups excluding carboxylic acids is 1. The Kier molecular flexibility index (Phi) is 6.52. The second-order valence-corrected chi connectivity index (χ2v) is 7.99. The van der Waals surface area contributed by atoms with E-state index in [0.717, 1.165) is 19.5 Å². The number of anilines is 1. The highest BCUT2D eigenvalue weighted by atomic mass is 16.5. The van der Waals surface area contributed by atoms with Gasteiger partial charge in [-0.3, -0.25) is 14.6 Å². The predicted molar refractivity (Wildman–Crippen MR) is 105 cm³/mol. The molecule has 0 bridgehead atoms. The number of H-pyrrole nitrogens is 1. The zero-order valence-corrected chi connectivity index (χ0v) is 16.7. The van der Waals surface area contributed by atoms with Crippen LogP contribution in [0.3, 0.4) is 0 Å². The van der Waals surface area contributed by atoms with Gasteiger partial charge in [0.05, 0.1) is 13.2 Å². The smallest absolute Gasteiger partial charge is 0.255 e. The molecule has 7 nitrogen and oxygen atoms in total. The number of aromatic amines is 1. The van der Waals surface area contributed by atoms with Gasteiger partial charge in [0.25, 0.3) is 5.56 Å². The van der Waals surface area contributed by atoms with E-state index in [4.69, 9.17) is 4.74 Å². The van der Waals surface area contributed by atoms with E-state index in [2.05, 4.69) is 29.1 Å². The SMILES string of the molecule is Cc1nc(N2CCOCC2)[nH]c(=O)c1CCC(=O)N[C@@H]1CCC[C@H](C)[C@@H]1C. The largest absolute Gasteiger partial charge is 0.378 e. The molecule has 1 aromatic rings. The van der Waals surface area contributed by atoms with Crippen molar-refractivity contribution in [2.45, 2.75) is 58.9 Å². The fourth-order valence-electron chi connectivity index (χ4n) is 4.12. The highest BCUT2D eigenvalue weighted by Gasteiger charge is 2.28. The molecule has 1 saturated carbocycles. The van der Waals surface area contributed by atoms with Gasteiger partial charge in [0, 0.05) is 36.8 Å². The van der Waals surface area contributed by atoms with Gasteiger partial charge in [0.2, 0.25) is 11.9 Å². The minimum absolute atomic E-state index is 0.0250. The van der Waals surface area contributed by atoms with Crippen LogP contribution >= 0.6 is 0 Å². The zero-order chi connectivity index (χ0) is 19.4. The Labute approximate surface area is 160 Å². The summed E-state index contributed by atoms with van der Waals surface area (Å²) in [6, 6.07) is 0.252. The average molecular weight is 377 g/mol. The van der Waals surface area contributed by atoms with Crippen molar-refractivity contribution in [3.05, 3.63) is 21.6 Å². The summed E-state index contributed by atoms with van der Waals surface area (Å²) in [4.78, 5) is 34.4. The van der Waals surface area contributed by atoms with Crippen LogP contribution < -0.4 is 15.8 Å². The highest BCUT2D eigenvalue weighted by molar-refractivity contribution is 5.76. The maximum Gasteiger partial charge on any atom is 0.255 e. The predicted octanol–water partition coefficient (Wildman–Crippen LogP) is 1.79. The number of hydrogen-bond acceptors (Lipinski definition) is 5. The number of rotatable bonds is 5. The normalized spacial score (nSPS) is 26.0. The minimum Gasteiger partial charge on any atom is -0.378 e. The van der Waals surface area contributed by atoms with Gasteiger partial charge in [0.15, 0.2) is 0 Å². The van der Waals surface area contributed by atoms with Crippen molar-refractivity contribution >= 4 is 11.9 Å². The first-order valence-electron chi connectivity index (χ1n) is 10.2. The zero-order valence-electron chi connectivity index (χ0n) is 16.7. The van der Waals surface area contributed by atoms with Crippen molar-refractivity contribution in [2.24, 2.45) is 11.8 Å². The first-order valence-corrected chi connectivity index (χ1v) is 10.2. The first-order chi connectivity index (χ1) is 13.0. The van der Waals surface area contributed by atoms with Gasteiger partial charge in [-0.05, 0) is 31.6 Å². The molecule has 1 amide bonds. The summed E-state index contributed by atoms with van der Waals surface area (Å²) in [5.74, 6) is 1.77. The van der Waals surface area contributed by atoms with E-state index >= 15 is 0 Å². The van der Waals surface area contributed by atoms with Crippen LogP contribution in [0.1, 0.15) is 50.8 Å². The van der Waals surface area contributed by atoms with E-state index in [1.807, 2.05) is 11.8 Å². The summed E-state index contributed by atoms with van der Waals surface area (Å²) in [7, 11) is 0. The van der Waals surface area contributed by atoms with E-state index in [1.165, 1.54) is 12.8 Å². The third kappa shape index (κ3) is 4.89. The molecule has 150 valence electrons. The summed E-state index contributed by atoms with van der Waals surface area (Å²) in [5.41, 5.74) is 1.16. The Bertz CT molecular complexity index is 712. The Morgan fingerprint density at radius 2 is 2.04 bits per heavy atom. The molecule has 0 spiro atoms. The van der Waals surface area contributed by atoms with Gasteiger partial charge in [-0.2, -0.15) is 0 Å². The first kappa shape index (κ1) is 19.9. The molecular weight excluding hydrogens is 344 g/mol. The lowest BCUT2D eigenvalue weighted by atomic mass is 9.78. The van der Waals surface area contributed by atoms with Crippen molar-refractivity contribution in [1.29, 1.82) is 0 Å². The van der Waals surface area contributed by atoms with Crippen molar-refractivity contribution in [3.63, 3.8) is 0 Å². The molecular formula is C20H32N4O3.